The van der Waals surface area contributed by atoms with Gasteiger partial charge in [0.1, 0.15) is 11.5 Å². The van der Waals surface area contributed by atoms with Gasteiger partial charge in [-0.1, -0.05) is 24.3 Å². The molecule has 0 saturated heterocycles. The molecular formula is C22H22N4O3. The van der Waals surface area contributed by atoms with Crippen LogP contribution in [-0.4, -0.2) is 28.5 Å². The molecule has 0 aliphatic heterocycles. The fraction of sp³-hybridized carbons (Fsp3) is 0.182. The van der Waals surface area contributed by atoms with Crippen LogP contribution >= 0.6 is 0 Å². The molecule has 2 N–H and O–H groups in total. The molecule has 0 aliphatic rings. The third-order valence-corrected chi connectivity index (χ3v) is 4.25. The molecular weight excluding hydrogens is 368 g/mol. The second-order valence-corrected chi connectivity index (χ2v) is 6.32. The van der Waals surface area contributed by atoms with Crippen LogP contribution < -0.4 is 10.6 Å². The molecule has 1 amide bonds. The fourth-order valence-electron chi connectivity index (χ4n) is 2.64. The van der Waals surface area contributed by atoms with Gasteiger partial charge in [-0.2, -0.15) is 0 Å². The first-order chi connectivity index (χ1) is 14.1. The highest BCUT2D eigenvalue weighted by Gasteiger charge is 2.09. The molecule has 7 heteroatoms. The maximum absolute atomic E-state index is 12.3. The van der Waals surface area contributed by atoms with E-state index in [1.54, 1.807) is 31.2 Å². The van der Waals surface area contributed by atoms with E-state index in [0.717, 1.165) is 16.8 Å². The summed E-state index contributed by atoms with van der Waals surface area (Å²) >= 11 is 0. The van der Waals surface area contributed by atoms with Crippen molar-refractivity contribution in [2.75, 3.05) is 11.9 Å². The van der Waals surface area contributed by atoms with Crippen molar-refractivity contribution >= 4 is 23.4 Å². The molecule has 1 aromatic heterocycles. The Balaban J connectivity index is 1.57. The minimum Gasteiger partial charge on any atom is -0.462 e. The Kier molecular flexibility index (Phi) is 6.52. The number of aromatic nitrogens is 2. The van der Waals surface area contributed by atoms with Gasteiger partial charge in [-0.05, 0) is 49.2 Å². The predicted octanol–water partition coefficient (Wildman–Crippen LogP) is 3.64. The molecule has 0 radical (unpaired) electrons. The van der Waals surface area contributed by atoms with Gasteiger partial charge < -0.3 is 15.4 Å². The number of carbonyl (C=O) groups is 2. The van der Waals surface area contributed by atoms with Crippen LogP contribution in [0.25, 0.3) is 0 Å². The summed E-state index contributed by atoms with van der Waals surface area (Å²) in [4.78, 5) is 32.3. The van der Waals surface area contributed by atoms with Crippen molar-refractivity contribution in [2.45, 2.75) is 20.4 Å². The summed E-state index contributed by atoms with van der Waals surface area (Å²) in [5.41, 5.74) is 3.63. The Morgan fingerprint density at radius 2 is 1.76 bits per heavy atom. The van der Waals surface area contributed by atoms with Gasteiger partial charge in [0, 0.05) is 12.2 Å². The van der Waals surface area contributed by atoms with Gasteiger partial charge in [-0.15, -0.1) is 0 Å². The maximum Gasteiger partial charge on any atom is 0.338 e. The number of anilines is 2. The Bertz CT molecular complexity index is 986. The molecule has 3 aromatic rings. The molecule has 29 heavy (non-hydrogen) atoms. The van der Waals surface area contributed by atoms with Gasteiger partial charge >= 0.3 is 5.97 Å². The number of rotatable bonds is 7. The summed E-state index contributed by atoms with van der Waals surface area (Å²) in [6.45, 7) is 4.53. The number of amides is 1. The van der Waals surface area contributed by atoms with Crippen LogP contribution in [0.15, 0.2) is 60.9 Å². The first-order valence-electron chi connectivity index (χ1n) is 9.25. The van der Waals surface area contributed by atoms with Crippen LogP contribution in [0.1, 0.15) is 38.9 Å². The number of hydrogen-bond donors (Lipinski definition) is 2. The van der Waals surface area contributed by atoms with Crippen LogP contribution in [0.3, 0.4) is 0 Å². The van der Waals surface area contributed by atoms with E-state index in [1.165, 1.54) is 12.4 Å². The molecule has 0 bridgehead atoms. The molecule has 0 atom stereocenters. The summed E-state index contributed by atoms with van der Waals surface area (Å²) in [7, 11) is 0. The molecule has 0 unspecified atom stereocenters. The highest BCUT2D eigenvalue weighted by Crippen LogP contribution is 2.15. The van der Waals surface area contributed by atoms with E-state index in [-0.39, 0.29) is 17.6 Å². The molecule has 0 aliphatic carbocycles. The van der Waals surface area contributed by atoms with Gasteiger partial charge in [0.25, 0.3) is 5.91 Å². The lowest BCUT2D eigenvalue weighted by Gasteiger charge is -2.09. The molecule has 7 nitrogen and oxygen atoms in total. The summed E-state index contributed by atoms with van der Waals surface area (Å²) in [5, 5.41) is 5.92. The number of nitrogens with one attached hydrogen (secondary N) is 2. The number of nitrogens with zero attached hydrogens (tertiary/aromatic N) is 2. The summed E-state index contributed by atoms with van der Waals surface area (Å²) < 4.78 is 4.96. The zero-order chi connectivity index (χ0) is 20.6. The van der Waals surface area contributed by atoms with E-state index in [9.17, 15) is 9.59 Å². The van der Waals surface area contributed by atoms with Crippen molar-refractivity contribution in [3.05, 3.63) is 83.3 Å². The maximum atomic E-state index is 12.3. The summed E-state index contributed by atoms with van der Waals surface area (Å²) in [6, 6.07) is 14.7. The summed E-state index contributed by atoms with van der Waals surface area (Å²) in [6.07, 6.45) is 2.91. The Hall–Kier alpha value is -3.74. The van der Waals surface area contributed by atoms with Crippen LogP contribution in [0.5, 0.6) is 0 Å². The molecule has 3 rings (SSSR count). The van der Waals surface area contributed by atoms with E-state index in [2.05, 4.69) is 20.6 Å². The average Bonchev–Trinajstić information content (AvgIpc) is 2.74. The van der Waals surface area contributed by atoms with E-state index in [1.807, 2.05) is 31.2 Å². The van der Waals surface area contributed by atoms with Gasteiger partial charge in [-0.3, -0.25) is 4.79 Å². The van der Waals surface area contributed by atoms with Crippen molar-refractivity contribution in [3.8, 4) is 0 Å². The zero-order valence-corrected chi connectivity index (χ0v) is 16.3. The quantitative estimate of drug-likeness (QED) is 0.599. The van der Waals surface area contributed by atoms with Gasteiger partial charge in [0.2, 0.25) is 0 Å². The van der Waals surface area contributed by atoms with Crippen molar-refractivity contribution in [2.24, 2.45) is 0 Å². The van der Waals surface area contributed by atoms with Crippen LogP contribution in [0.2, 0.25) is 0 Å². The SMILES string of the molecule is CCOC(=O)c1ccc(Nc2cnc(C(=O)NCc3ccccc3C)cn2)cc1. The normalized spacial score (nSPS) is 10.3. The number of carbonyl (C=O) groups excluding carboxylic acids is 2. The Morgan fingerprint density at radius 1 is 1.00 bits per heavy atom. The molecule has 2 aromatic carbocycles. The number of ether oxygens (including phenoxy) is 1. The third-order valence-electron chi connectivity index (χ3n) is 4.25. The molecule has 0 spiro atoms. The third kappa shape index (κ3) is 5.38. The second-order valence-electron chi connectivity index (χ2n) is 6.32. The Labute approximate surface area is 169 Å². The monoisotopic (exact) mass is 390 g/mol. The lowest BCUT2D eigenvalue weighted by atomic mass is 10.1. The van der Waals surface area contributed by atoms with E-state index in [0.29, 0.717) is 24.5 Å². The number of benzene rings is 2. The molecule has 148 valence electrons. The average molecular weight is 390 g/mol. The molecule has 1 heterocycles. The van der Waals surface area contributed by atoms with Crippen molar-refractivity contribution in [1.82, 2.24) is 15.3 Å². The molecule has 0 fully saturated rings. The highest BCUT2D eigenvalue weighted by molar-refractivity contribution is 5.92. The first kappa shape index (κ1) is 20.0. The summed E-state index contributed by atoms with van der Waals surface area (Å²) in [5.74, 6) is -0.157. The van der Waals surface area contributed by atoms with E-state index in [4.69, 9.17) is 4.74 Å². The minimum absolute atomic E-state index is 0.238. The highest BCUT2D eigenvalue weighted by atomic mass is 16.5. The standard InChI is InChI=1S/C22H22N4O3/c1-3-29-22(28)16-8-10-18(11-9-16)26-20-14-23-19(13-24-20)21(27)25-12-17-7-5-4-6-15(17)2/h4-11,13-14H,3,12H2,1-2H3,(H,24,26)(H,25,27). The van der Waals surface area contributed by atoms with E-state index < -0.39 is 0 Å². The fourth-order valence-corrected chi connectivity index (χ4v) is 2.64. The first-order valence-corrected chi connectivity index (χ1v) is 9.25. The lowest BCUT2D eigenvalue weighted by molar-refractivity contribution is 0.0526. The zero-order valence-electron chi connectivity index (χ0n) is 16.3. The smallest absolute Gasteiger partial charge is 0.338 e. The van der Waals surface area contributed by atoms with Crippen molar-refractivity contribution in [1.29, 1.82) is 0 Å². The lowest BCUT2D eigenvalue weighted by Crippen LogP contribution is -2.24. The second kappa shape index (κ2) is 9.45. The minimum atomic E-state index is -0.361. The molecule has 0 saturated carbocycles. The Morgan fingerprint density at radius 3 is 2.41 bits per heavy atom. The number of hydrogen-bond acceptors (Lipinski definition) is 6. The van der Waals surface area contributed by atoms with Crippen molar-refractivity contribution in [3.63, 3.8) is 0 Å². The van der Waals surface area contributed by atoms with Gasteiger partial charge in [0.05, 0.1) is 24.6 Å². The van der Waals surface area contributed by atoms with Crippen LogP contribution in [-0.2, 0) is 11.3 Å². The largest absolute Gasteiger partial charge is 0.462 e. The number of aryl methyl sites for hydroxylation is 1. The topological polar surface area (TPSA) is 93.2 Å². The predicted molar refractivity (Wildman–Crippen MR) is 110 cm³/mol. The van der Waals surface area contributed by atoms with Crippen LogP contribution in [0.4, 0.5) is 11.5 Å². The van der Waals surface area contributed by atoms with Crippen molar-refractivity contribution < 1.29 is 14.3 Å². The van der Waals surface area contributed by atoms with E-state index >= 15 is 0 Å². The van der Waals surface area contributed by atoms with Gasteiger partial charge in [-0.25, -0.2) is 14.8 Å². The van der Waals surface area contributed by atoms with Crippen LogP contribution in [0, 0.1) is 6.92 Å². The number of esters is 1. The van der Waals surface area contributed by atoms with Gasteiger partial charge in [0.15, 0.2) is 0 Å².